The van der Waals surface area contributed by atoms with Gasteiger partial charge in [0.1, 0.15) is 26.4 Å². The summed E-state index contributed by atoms with van der Waals surface area (Å²) in [4.78, 5) is 52.5. The Bertz CT molecular complexity index is 1120. The van der Waals surface area contributed by atoms with Crippen molar-refractivity contribution in [3.8, 4) is 0 Å². The number of ether oxygens (including phenoxy) is 5. The largest absolute Gasteiger partial charge is 0.465 e. The Morgan fingerprint density at radius 2 is 0.625 bits per heavy atom. The van der Waals surface area contributed by atoms with Gasteiger partial charge in [-0.3, -0.25) is 19.2 Å². The average Bonchev–Trinajstić information content (AvgIpc) is 3.30. The topological polar surface area (TPSA) is 155 Å². The Hall–Kier alpha value is -2.24. The van der Waals surface area contributed by atoms with Crippen molar-refractivity contribution in [3.63, 3.8) is 0 Å². The number of aliphatic hydroxyl groups excluding tert-OH is 2. The lowest BCUT2D eigenvalue weighted by Crippen LogP contribution is -2.46. The predicted octanol–water partition coefficient (Wildman–Crippen LogP) is 12.7. The second-order valence-corrected chi connectivity index (χ2v) is 19.1. The normalized spacial score (nSPS) is 13.8. The van der Waals surface area contributed by atoms with Gasteiger partial charge in [0.15, 0.2) is 0 Å². The van der Waals surface area contributed by atoms with E-state index in [1.165, 1.54) is 51.4 Å². The molecule has 0 radical (unpaired) electrons. The molecule has 0 amide bonds. The highest BCUT2D eigenvalue weighted by molar-refractivity contribution is 5.72. The van der Waals surface area contributed by atoms with Crippen molar-refractivity contribution >= 4 is 23.9 Å². The van der Waals surface area contributed by atoms with E-state index in [9.17, 15) is 29.4 Å². The second kappa shape index (κ2) is 43.3. The summed E-state index contributed by atoms with van der Waals surface area (Å²) in [7, 11) is 0. The van der Waals surface area contributed by atoms with Gasteiger partial charge in [-0.15, -0.1) is 0 Å². The number of hydrogen-bond acceptors (Lipinski definition) is 11. The van der Waals surface area contributed by atoms with Crippen molar-refractivity contribution in [2.24, 2.45) is 16.7 Å². The number of carbonyl (C=O) groups excluding carboxylic acids is 4. The van der Waals surface area contributed by atoms with Crippen LogP contribution in [0.3, 0.4) is 0 Å². The van der Waals surface area contributed by atoms with Crippen molar-refractivity contribution in [2.75, 3.05) is 52.9 Å². The van der Waals surface area contributed by atoms with Gasteiger partial charge < -0.3 is 33.9 Å². The fourth-order valence-corrected chi connectivity index (χ4v) is 7.78. The molecule has 0 aromatic heterocycles. The first-order chi connectivity index (χ1) is 31.1. The monoisotopic (exact) mass is 913 g/mol. The van der Waals surface area contributed by atoms with Gasteiger partial charge in [0.05, 0.1) is 43.2 Å². The number of rotatable bonds is 48. The van der Waals surface area contributed by atoms with Crippen LogP contribution in [0.4, 0.5) is 0 Å². The third kappa shape index (κ3) is 34.1. The molecule has 0 aromatic carbocycles. The van der Waals surface area contributed by atoms with E-state index in [-0.39, 0.29) is 70.8 Å². The quantitative estimate of drug-likeness (QED) is 0.0340. The number of aliphatic hydroxyl groups is 2. The van der Waals surface area contributed by atoms with Crippen molar-refractivity contribution < 1.29 is 53.1 Å². The number of hydrogen-bond donors (Lipinski definition) is 2. The lowest BCUT2D eigenvalue weighted by atomic mass is 9.90. The maximum atomic E-state index is 13.8. The van der Waals surface area contributed by atoms with Crippen LogP contribution in [-0.2, 0) is 42.9 Å². The fourth-order valence-electron chi connectivity index (χ4n) is 7.78. The summed E-state index contributed by atoms with van der Waals surface area (Å²) in [5, 5.41) is 21.8. The minimum absolute atomic E-state index is 0.196. The van der Waals surface area contributed by atoms with Gasteiger partial charge in [-0.2, -0.15) is 0 Å². The molecule has 3 unspecified atom stereocenters. The Kier molecular flexibility index (Phi) is 41.8. The summed E-state index contributed by atoms with van der Waals surface area (Å²) in [5.74, 6) is -1.78. The van der Waals surface area contributed by atoms with Gasteiger partial charge >= 0.3 is 23.9 Å². The smallest absolute Gasteiger partial charge is 0.308 e. The third-order valence-electron chi connectivity index (χ3n) is 12.5. The Morgan fingerprint density at radius 1 is 0.359 bits per heavy atom. The van der Waals surface area contributed by atoms with Crippen LogP contribution >= 0.6 is 0 Å². The summed E-state index contributed by atoms with van der Waals surface area (Å²) >= 11 is 0. The highest BCUT2D eigenvalue weighted by Crippen LogP contribution is 2.27. The number of carbonyl (C=O) groups is 4. The minimum atomic E-state index is -1.30. The van der Waals surface area contributed by atoms with E-state index in [1.54, 1.807) is 0 Å². The molecule has 2 N–H and O–H groups in total. The molecule has 0 saturated heterocycles. The zero-order chi connectivity index (χ0) is 47.4. The molecule has 11 heteroatoms. The van der Waals surface area contributed by atoms with Crippen molar-refractivity contribution in [1.82, 2.24) is 0 Å². The molecule has 0 bridgehead atoms. The Balaban J connectivity index is 6.06. The summed E-state index contributed by atoms with van der Waals surface area (Å²) in [6.07, 6.45) is 31.7. The summed E-state index contributed by atoms with van der Waals surface area (Å²) in [6, 6.07) is 0. The van der Waals surface area contributed by atoms with E-state index in [4.69, 9.17) is 23.7 Å². The first kappa shape index (κ1) is 61.8. The molecule has 0 rings (SSSR count). The lowest BCUT2D eigenvalue weighted by molar-refractivity contribution is -0.169. The average molecular weight is 913 g/mol. The fraction of sp³-hybridized carbons (Fsp3) is 0.925. The maximum absolute atomic E-state index is 13.8. The van der Waals surface area contributed by atoms with Gasteiger partial charge in [-0.25, -0.2) is 0 Å². The molecule has 0 fully saturated rings. The zero-order valence-electron chi connectivity index (χ0n) is 42.1. The molecule has 0 heterocycles. The molecule has 3 atom stereocenters. The minimum Gasteiger partial charge on any atom is -0.465 e. The third-order valence-corrected chi connectivity index (χ3v) is 12.5. The van der Waals surface area contributed by atoms with Crippen LogP contribution in [0, 0.1) is 16.7 Å². The lowest BCUT2D eigenvalue weighted by Gasteiger charge is -2.34. The van der Waals surface area contributed by atoms with Crippen LogP contribution in [0.2, 0.25) is 0 Å². The highest BCUT2D eigenvalue weighted by atomic mass is 16.6. The van der Waals surface area contributed by atoms with Crippen molar-refractivity contribution in [3.05, 3.63) is 0 Å². The molecular formula is C53H100O11. The highest BCUT2D eigenvalue weighted by Gasteiger charge is 2.39. The molecule has 378 valence electrons. The van der Waals surface area contributed by atoms with Crippen molar-refractivity contribution in [2.45, 2.75) is 247 Å². The summed E-state index contributed by atoms with van der Waals surface area (Å²) in [5.41, 5.74) is -2.59. The Labute approximate surface area is 392 Å². The van der Waals surface area contributed by atoms with E-state index >= 15 is 0 Å². The van der Waals surface area contributed by atoms with Crippen LogP contribution in [0.15, 0.2) is 0 Å². The first-order valence-corrected chi connectivity index (χ1v) is 26.5. The van der Waals surface area contributed by atoms with E-state index in [1.807, 2.05) is 0 Å². The number of esters is 4. The van der Waals surface area contributed by atoms with Crippen LogP contribution in [0.1, 0.15) is 247 Å². The molecule has 64 heavy (non-hydrogen) atoms. The molecule has 0 saturated carbocycles. The van der Waals surface area contributed by atoms with Gasteiger partial charge in [0.2, 0.25) is 0 Å². The van der Waals surface area contributed by atoms with Gasteiger partial charge in [-0.05, 0) is 32.1 Å². The van der Waals surface area contributed by atoms with Gasteiger partial charge in [0, 0.05) is 19.3 Å². The summed E-state index contributed by atoms with van der Waals surface area (Å²) < 4.78 is 29.4. The van der Waals surface area contributed by atoms with Crippen LogP contribution < -0.4 is 0 Å². The van der Waals surface area contributed by atoms with Crippen molar-refractivity contribution in [1.29, 1.82) is 0 Å². The molecule has 11 nitrogen and oxygen atoms in total. The molecule has 0 aliphatic carbocycles. The van der Waals surface area contributed by atoms with E-state index < -0.39 is 42.0 Å². The molecular weight excluding hydrogens is 813 g/mol. The second-order valence-electron chi connectivity index (χ2n) is 19.1. The molecule has 0 aliphatic heterocycles. The predicted molar refractivity (Wildman–Crippen MR) is 258 cm³/mol. The van der Waals surface area contributed by atoms with Gasteiger partial charge in [0.25, 0.3) is 0 Å². The maximum Gasteiger partial charge on any atom is 0.308 e. The summed E-state index contributed by atoms with van der Waals surface area (Å²) in [6.45, 7) is 8.46. The first-order valence-electron chi connectivity index (χ1n) is 26.5. The van der Waals surface area contributed by atoms with E-state index in [0.717, 1.165) is 122 Å². The molecule has 0 spiro atoms. The Morgan fingerprint density at radius 3 is 0.953 bits per heavy atom. The number of unbranched alkanes of at least 4 members (excludes halogenated alkanes) is 23. The zero-order valence-corrected chi connectivity index (χ0v) is 42.1. The van der Waals surface area contributed by atoms with E-state index in [2.05, 4.69) is 34.6 Å². The molecule has 0 aromatic rings. The van der Waals surface area contributed by atoms with Crippen LogP contribution in [0.25, 0.3) is 0 Å². The SMILES string of the molecule is CCCCCCCCCCC(=O)OCC(CO)(COCC(CO)(COC(=O)CCCCCCCC)COC(=O)C(CCCCCC)CCCCCCCC)COC(=O)CCCCCC. The van der Waals surface area contributed by atoms with E-state index in [0.29, 0.717) is 19.3 Å². The van der Waals surface area contributed by atoms with Crippen LogP contribution in [0.5, 0.6) is 0 Å². The van der Waals surface area contributed by atoms with Crippen LogP contribution in [-0.4, -0.2) is 86.9 Å². The standard InChI is InChI=1S/C53H100O11/c1-6-11-16-21-24-25-28-33-38-49(57)62-44-52(39-54,43-61-48(56)36-31-20-15-10-5)41-60-42-53(40-55,45-63-50(58)37-32-27-23-18-13-8-3)46-64-51(59)47(34-29-19-14-9-4)35-30-26-22-17-12-7-2/h47,54-55H,6-46H2,1-5H3. The molecule has 0 aliphatic rings. The van der Waals surface area contributed by atoms with Gasteiger partial charge in [-0.1, -0.05) is 195 Å².